The number of hydrazine groups is 1. The SMILES string of the molecule is CCCCC(=O)NNC(=O)CCN1CCN(c2ccccc2)CC1. The van der Waals surface area contributed by atoms with Crippen molar-refractivity contribution in [3.8, 4) is 0 Å². The van der Waals surface area contributed by atoms with Crippen LogP contribution in [0.1, 0.15) is 32.6 Å². The van der Waals surface area contributed by atoms with Crippen LogP contribution in [0, 0.1) is 0 Å². The number of unbranched alkanes of at least 4 members (excludes halogenated alkanes) is 1. The Morgan fingerprint density at radius 1 is 0.958 bits per heavy atom. The molecular formula is C18H28N4O2. The van der Waals surface area contributed by atoms with Gasteiger partial charge < -0.3 is 4.90 Å². The van der Waals surface area contributed by atoms with E-state index in [2.05, 4.69) is 44.9 Å². The molecule has 0 atom stereocenters. The molecule has 0 aliphatic carbocycles. The summed E-state index contributed by atoms with van der Waals surface area (Å²) in [6.07, 6.45) is 2.67. The highest BCUT2D eigenvalue weighted by Crippen LogP contribution is 2.15. The first-order valence-corrected chi connectivity index (χ1v) is 8.79. The highest BCUT2D eigenvalue weighted by molar-refractivity contribution is 5.81. The molecular weight excluding hydrogens is 304 g/mol. The largest absolute Gasteiger partial charge is 0.369 e. The lowest BCUT2D eigenvalue weighted by Crippen LogP contribution is -2.48. The number of nitrogens with zero attached hydrogens (tertiary/aromatic N) is 2. The van der Waals surface area contributed by atoms with Gasteiger partial charge in [-0.3, -0.25) is 25.3 Å². The zero-order chi connectivity index (χ0) is 17.2. The summed E-state index contributed by atoms with van der Waals surface area (Å²) in [5.41, 5.74) is 6.21. The lowest BCUT2D eigenvalue weighted by atomic mass is 10.2. The number of hydrogen-bond acceptors (Lipinski definition) is 4. The molecule has 1 aliphatic rings. The number of benzene rings is 1. The lowest BCUT2D eigenvalue weighted by Gasteiger charge is -2.36. The molecule has 2 rings (SSSR count). The van der Waals surface area contributed by atoms with Gasteiger partial charge in [-0.25, -0.2) is 0 Å². The number of amides is 2. The first kappa shape index (κ1) is 18.3. The minimum Gasteiger partial charge on any atom is -0.369 e. The van der Waals surface area contributed by atoms with Crippen LogP contribution in [-0.2, 0) is 9.59 Å². The average Bonchev–Trinajstić information content (AvgIpc) is 2.64. The Bertz CT molecular complexity index is 513. The highest BCUT2D eigenvalue weighted by atomic mass is 16.2. The van der Waals surface area contributed by atoms with Crippen LogP contribution in [0.25, 0.3) is 0 Å². The van der Waals surface area contributed by atoms with Gasteiger partial charge in [0.1, 0.15) is 0 Å². The third kappa shape index (κ3) is 6.20. The van der Waals surface area contributed by atoms with E-state index in [-0.39, 0.29) is 11.8 Å². The molecule has 0 unspecified atom stereocenters. The van der Waals surface area contributed by atoms with Crippen molar-refractivity contribution in [2.75, 3.05) is 37.6 Å². The smallest absolute Gasteiger partial charge is 0.239 e. The van der Waals surface area contributed by atoms with E-state index >= 15 is 0 Å². The summed E-state index contributed by atoms with van der Waals surface area (Å²) in [6.45, 7) is 6.59. The second-order valence-corrected chi connectivity index (χ2v) is 6.11. The van der Waals surface area contributed by atoms with Crippen LogP contribution in [0.2, 0.25) is 0 Å². The molecule has 0 saturated carbocycles. The first-order valence-electron chi connectivity index (χ1n) is 8.79. The van der Waals surface area contributed by atoms with Crippen LogP contribution in [-0.4, -0.2) is 49.4 Å². The van der Waals surface area contributed by atoms with Crippen molar-refractivity contribution in [1.82, 2.24) is 15.8 Å². The van der Waals surface area contributed by atoms with Gasteiger partial charge in [-0.05, 0) is 18.6 Å². The lowest BCUT2D eigenvalue weighted by molar-refractivity contribution is -0.129. The molecule has 2 amide bonds. The first-order chi connectivity index (χ1) is 11.7. The summed E-state index contributed by atoms with van der Waals surface area (Å²) in [5.74, 6) is -0.257. The van der Waals surface area contributed by atoms with Crippen molar-refractivity contribution in [3.63, 3.8) is 0 Å². The van der Waals surface area contributed by atoms with Crippen LogP contribution in [0.4, 0.5) is 5.69 Å². The third-order valence-corrected chi connectivity index (χ3v) is 4.25. The van der Waals surface area contributed by atoms with E-state index in [1.165, 1.54) is 5.69 Å². The van der Waals surface area contributed by atoms with Crippen molar-refractivity contribution < 1.29 is 9.59 Å². The predicted molar refractivity (Wildman–Crippen MR) is 95.5 cm³/mol. The zero-order valence-electron chi connectivity index (χ0n) is 14.5. The normalized spacial score (nSPS) is 15.1. The molecule has 1 fully saturated rings. The Morgan fingerprint density at radius 3 is 2.21 bits per heavy atom. The Balaban J connectivity index is 1.60. The van der Waals surface area contributed by atoms with Crippen molar-refractivity contribution >= 4 is 17.5 Å². The standard InChI is InChI=1S/C18H28N4O2/c1-2-3-9-17(23)19-20-18(24)10-11-21-12-14-22(15-13-21)16-7-5-4-6-8-16/h4-8H,2-3,9-15H2,1H3,(H,19,23)(H,20,24). The maximum absolute atomic E-state index is 11.8. The van der Waals surface area contributed by atoms with Crippen molar-refractivity contribution in [1.29, 1.82) is 0 Å². The minimum atomic E-state index is -0.134. The van der Waals surface area contributed by atoms with Crippen molar-refractivity contribution in [2.45, 2.75) is 32.6 Å². The maximum Gasteiger partial charge on any atom is 0.239 e. The van der Waals surface area contributed by atoms with E-state index in [1.807, 2.05) is 13.0 Å². The van der Waals surface area contributed by atoms with E-state index < -0.39 is 0 Å². The monoisotopic (exact) mass is 332 g/mol. The summed E-state index contributed by atoms with van der Waals surface area (Å²) in [4.78, 5) is 27.9. The van der Waals surface area contributed by atoms with Crippen LogP contribution in [0.5, 0.6) is 0 Å². The van der Waals surface area contributed by atoms with Crippen LogP contribution < -0.4 is 15.8 Å². The number of carbonyl (C=O) groups is 2. The van der Waals surface area contributed by atoms with E-state index in [9.17, 15) is 9.59 Å². The summed E-state index contributed by atoms with van der Waals surface area (Å²) < 4.78 is 0. The van der Waals surface area contributed by atoms with Gasteiger partial charge >= 0.3 is 0 Å². The summed E-state index contributed by atoms with van der Waals surface area (Å²) in [7, 11) is 0. The molecule has 24 heavy (non-hydrogen) atoms. The van der Waals surface area contributed by atoms with E-state index in [1.54, 1.807) is 0 Å². The minimum absolute atomic E-state index is 0.123. The molecule has 0 spiro atoms. The highest BCUT2D eigenvalue weighted by Gasteiger charge is 2.17. The van der Waals surface area contributed by atoms with Gasteiger partial charge in [0.15, 0.2) is 0 Å². The number of piperazine rings is 1. The molecule has 1 aromatic rings. The topological polar surface area (TPSA) is 64.7 Å². The summed E-state index contributed by atoms with van der Waals surface area (Å²) in [6, 6.07) is 10.4. The maximum atomic E-state index is 11.8. The molecule has 1 saturated heterocycles. The Morgan fingerprint density at radius 2 is 1.58 bits per heavy atom. The van der Waals surface area contributed by atoms with Crippen LogP contribution >= 0.6 is 0 Å². The molecule has 0 radical (unpaired) electrons. The second kappa shape index (κ2) is 9.93. The number of rotatable bonds is 7. The van der Waals surface area contributed by atoms with Gasteiger partial charge in [0, 0.05) is 51.3 Å². The number of anilines is 1. The molecule has 132 valence electrons. The molecule has 6 heteroatoms. The van der Waals surface area contributed by atoms with E-state index in [4.69, 9.17) is 0 Å². The fourth-order valence-corrected chi connectivity index (χ4v) is 2.73. The van der Waals surface area contributed by atoms with Gasteiger partial charge in [0.2, 0.25) is 11.8 Å². The average molecular weight is 332 g/mol. The summed E-state index contributed by atoms with van der Waals surface area (Å²) in [5, 5.41) is 0. The summed E-state index contributed by atoms with van der Waals surface area (Å²) >= 11 is 0. The molecule has 0 bridgehead atoms. The molecule has 0 aromatic heterocycles. The molecule has 1 aliphatic heterocycles. The van der Waals surface area contributed by atoms with Gasteiger partial charge in [0.25, 0.3) is 0 Å². The van der Waals surface area contributed by atoms with Gasteiger partial charge in [-0.1, -0.05) is 31.5 Å². The number of nitrogens with one attached hydrogen (secondary N) is 2. The molecule has 6 nitrogen and oxygen atoms in total. The van der Waals surface area contributed by atoms with E-state index in [0.29, 0.717) is 12.8 Å². The second-order valence-electron chi connectivity index (χ2n) is 6.11. The van der Waals surface area contributed by atoms with Crippen molar-refractivity contribution in [2.24, 2.45) is 0 Å². The zero-order valence-corrected chi connectivity index (χ0v) is 14.5. The fraction of sp³-hybridized carbons (Fsp3) is 0.556. The number of carbonyl (C=O) groups excluding carboxylic acids is 2. The Hall–Kier alpha value is -2.08. The van der Waals surface area contributed by atoms with Gasteiger partial charge in [-0.2, -0.15) is 0 Å². The number of para-hydroxylation sites is 1. The van der Waals surface area contributed by atoms with Crippen LogP contribution in [0.15, 0.2) is 30.3 Å². The Labute approximate surface area is 144 Å². The molecule has 2 N–H and O–H groups in total. The van der Waals surface area contributed by atoms with Gasteiger partial charge in [0.05, 0.1) is 0 Å². The van der Waals surface area contributed by atoms with Gasteiger partial charge in [-0.15, -0.1) is 0 Å². The van der Waals surface area contributed by atoms with E-state index in [0.717, 1.165) is 45.6 Å². The van der Waals surface area contributed by atoms with Crippen LogP contribution in [0.3, 0.4) is 0 Å². The predicted octanol–water partition coefficient (Wildman–Crippen LogP) is 1.54. The molecule has 1 heterocycles. The fourth-order valence-electron chi connectivity index (χ4n) is 2.73. The third-order valence-electron chi connectivity index (χ3n) is 4.25. The van der Waals surface area contributed by atoms with Crippen molar-refractivity contribution in [3.05, 3.63) is 30.3 Å². The Kier molecular flexibility index (Phi) is 7.55. The molecule has 1 aromatic carbocycles. The number of hydrogen-bond donors (Lipinski definition) is 2. The quantitative estimate of drug-likeness (QED) is 0.744.